The van der Waals surface area contributed by atoms with Gasteiger partial charge in [0.25, 0.3) is 5.56 Å². The van der Waals surface area contributed by atoms with E-state index in [1.807, 2.05) is 25.7 Å². The van der Waals surface area contributed by atoms with Crippen LogP contribution in [-0.2, 0) is 11.3 Å². The molecule has 0 spiro atoms. The summed E-state index contributed by atoms with van der Waals surface area (Å²) in [5.74, 6) is 0.249. The Balaban J connectivity index is 1.84. The van der Waals surface area contributed by atoms with Crippen LogP contribution in [0.3, 0.4) is 0 Å². The van der Waals surface area contributed by atoms with E-state index in [1.165, 1.54) is 23.3 Å². The van der Waals surface area contributed by atoms with Gasteiger partial charge in [0, 0.05) is 43.4 Å². The zero-order chi connectivity index (χ0) is 15.9. The van der Waals surface area contributed by atoms with Crippen LogP contribution in [0.25, 0.3) is 11.2 Å². The first-order chi connectivity index (χ1) is 10.4. The molecule has 0 radical (unpaired) electrons. The molecule has 1 unspecified atom stereocenters. The SMILES string of the molecule is CC(C)(C)N1CC(Cn2cnc3nccnc3c2=O)CC1=O. The topological polar surface area (TPSA) is 81.0 Å². The van der Waals surface area contributed by atoms with Crippen LogP contribution in [0.15, 0.2) is 23.5 Å². The number of aromatic nitrogens is 4. The van der Waals surface area contributed by atoms with E-state index in [2.05, 4.69) is 15.0 Å². The Morgan fingerprint density at radius 2 is 1.91 bits per heavy atom. The third-order valence-electron chi connectivity index (χ3n) is 3.93. The van der Waals surface area contributed by atoms with E-state index in [-0.39, 0.29) is 28.4 Å². The summed E-state index contributed by atoms with van der Waals surface area (Å²) in [7, 11) is 0. The normalized spacial score (nSPS) is 19.1. The summed E-state index contributed by atoms with van der Waals surface area (Å²) < 4.78 is 1.53. The van der Waals surface area contributed by atoms with E-state index in [9.17, 15) is 9.59 Å². The van der Waals surface area contributed by atoms with Gasteiger partial charge in [-0.15, -0.1) is 0 Å². The molecular weight excluding hydrogens is 282 g/mol. The van der Waals surface area contributed by atoms with Crippen molar-refractivity contribution in [1.29, 1.82) is 0 Å². The molecule has 1 fully saturated rings. The fourth-order valence-corrected chi connectivity index (χ4v) is 2.85. The van der Waals surface area contributed by atoms with Crippen LogP contribution in [0.5, 0.6) is 0 Å². The number of hydrogen-bond acceptors (Lipinski definition) is 5. The molecule has 3 heterocycles. The molecule has 2 aromatic heterocycles. The number of nitrogens with zero attached hydrogens (tertiary/aromatic N) is 5. The molecule has 0 bridgehead atoms. The molecule has 1 amide bonds. The summed E-state index contributed by atoms with van der Waals surface area (Å²) >= 11 is 0. The summed E-state index contributed by atoms with van der Waals surface area (Å²) in [6, 6.07) is 0. The lowest BCUT2D eigenvalue weighted by atomic mass is 10.1. The summed E-state index contributed by atoms with van der Waals surface area (Å²) in [5, 5.41) is 0. The van der Waals surface area contributed by atoms with Crippen molar-refractivity contribution in [3.63, 3.8) is 0 Å². The van der Waals surface area contributed by atoms with Crippen LogP contribution in [0.4, 0.5) is 0 Å². The van der Waals surface area contributed by atoms with Crippen molar-refractivity contribution in [3.05, 3.63) is 29.1 Å². The minimum absolute atomic E-state index is 0.111. The highest BCUT2D eigenvalue weighted by molar-refractivity contribution is 5.79. The summed E-state index contributed by atoms with van der Waals surface area (Å²) in [6.07, 6.45) is 4.94. The first-order valence-corrected chi connectivity index (χ1v) is 7.33. The lowest BCUT2D eigenvalue weighted by Crippen LogP contribution is -2.42. The van der Waals surface area contributed by atoms with E-state index in [0.717, 1.165) is 0 Å². The third kappa shape index (κ3) is 2.58. The van der Waals surface area contributed by atoms with Gasteiger partial charge in [0.2, 0.25) is 5.91 Å². The maximum Gasteiger partial charge on any atom is 0.281 e. The van der Waals surface area contributed by atoms with Crippen LogP contribution in [0.2, 0.25) is 0 Å². The second-order valence-corrected chi connectivity index (χ2v) is 6.68. The smallest absolute Gasteiger partial charge is 0.281 e. The van der Waals surface area contributed by atoms with Crippen molar-refractivity contribution in [2.24, 2.45) is 5.92 Å². The number of rotatable bonds is 2. The van der Waals surface area contributed by atoms with Crippen molar-refractivity contribution in [2.45, 2.75) is 39.3 Å². The Morgan fingerprint density at radius 1 is 1.18 bits per heavy atom. The number of fused-ring (bicyclic) bond motifs is 1. The lowest BCUT2D eigenvalue weighted by molar-refractivity contribution is -0.131. The second kappa shape index (κ2) is 5.15. The first kappa shape index (κ1) is 14.6. The molecule has 3 rings (SSSR count). The van der Waals surface area contributed by atoms with E-state index in [1.54, 1.807) is 0 Å². The average molecular weight is 301 g/mol. The van der Waals surface area contributed by atoms with Crippen molar-refractivity contribution in [3.8, 4) is 0 Å². The number of hydrogen-bond donors (Lipinski definition) is 0. The molecule has 1 aliphatic rings. The Bertz CT molecular complexity index is 777. The van der Waals surface area contributed by atoms with Crippen molar-refractivity contribution >= 4 is 17.1 Å². The monoisotopic (exact) mass is 301 g/mol. The van der Waals surface area contributed by atoms with Crippen LogP contribution >= 0.6 is 0 Å². The molecule has 116 valence electrons. The van der Waals surface area contributed by atoms with E-state index >= 15 is 0 Å². The molecule has 1 aliphatic heterocycles. The zero-order valence-electron chi connectivity index (χ0n) is 13.0. The Morgan fingerprint density at radius 3 is 2.59 bits per heavy atom. The number of carbonyl (C=O) groups is 1. The van der Waals surface area contributed by atoms with E-state index in [0.29, 0.717) is 25.2 Å². The van der Waals surface area contributed by atoms with Crippen molar-refractivity contribution in [1.82, 2.24) is 24.4 Å². The molecule has 7 nitrogen and oxygen atoms in total. The second-order valence-electron chi connectivity index (χ2n) is 6.68. The van der Waals surface area contributed by atoms with Gasteiger partial charge in [-0.3, -0.25) is 14.2 Å². The van der Waals surface area contributed by atoms with E-state index < -0.39 is 0 Å². The maximum absolute atomic E-state index is 12.4. The fourth-order valence-electron chi connectivity index (χ4n) is 2.85. The molecule has 22 heavy (non-hydrogen) atoms. The highest BCUT2D eigenvalue weighted by atomic mass is 16.2. The molecule has 0 N–H and O–H groups in total. The molecule has 0 aliphatic carbocycles. The third-order valence-corrected chi connectivity index (χ3v) is 3.93. The van der Waals surface area contributed by atoms with Crippen LogP contribution < -0.4 is 5.56 Å². The Labute approximate surface area is 128 Å². The van der Waals surface area contributed by atoms with Gasteiger partial charge in [0.05, 0.1) is 0 Å². The van der Waals surface area contributed by atoms with Gasteiger partial charge < -0.3 is 4.90 Å². The van der Waals surface area contributed by atoms with Crippen molar-refractivity contribution in [2.75, 3.05) is 6.54 Å². The molecule has 0 saturated carbocycles. The maximum atomic E-state index is 12.4. The number of likely N-dealkylation sites (tertiary alicyclic amines) is 1. The first-order valence-electron chi connectivity index (χ1n) is 7.33. The predicted molar refractivity (Wildman–Crippen MR) is 81.2 cm³/mol. The highest BCUT2D eigenvalue weighted by Crippen LogP contribution is 2.26. The van der Waals surface area contributed by atoms with Crippen LogP contribution in [0, 0.1) is 5.92 Å². The standard InChI is InChI=1S/C15H19N5O2/c1-15(2,3)20-8-10(6-11(20)21)7-19-9-18-13-12(14(19)22)16-4-5-17-13/h4-5,9-10H,6-8H2,1-3H3. The molecule has 0 aromatic carbocycles. The summed E-state index contributed by atoms with van der Waals surface area (Å²) in [4.78, 5) is 38.6. The average Bonchev–Trinajstić information content (AvgIpc) is 2.83. The minimum atomic E-state index is -0.209. The predicted octanol–water partition coefficient (Wildman–Crippen LogP) is 0.834. The van der Waals surface area contributed by atoms with Gasteiger partial charge in [-0.2, -0.15) is 0 Å². The Kier molecular flexibility index (Phi) is 3.42. The largest absolute Gasteiger partial charge is 0.337 e. The molecule has 1 saturated heterocycles. The summed E-state index contributed by atoms with van der Waals surface area (Å²) in [5.41, 5.74) is 0.216. The van der Waals surface area contributed by atoms with Gasteiger partial charge >= 0.3 is 0 Å². The molecule has 1 atom stereocenters. The Hall–Kier alpha value is -2.31. The van der Waals surface area contributed by atoms with Gasteiger partial charge in [-0.25, -0.2) is 15.0 Å². The summed E-state index contributed by atoms with van der Waals surface area (Å²) in [6.45, 7) is 7.19. The van der Waals surface area contributed by atoms with Crippen LogP contribution in [-0.4, -0.2) is 42.4 Å². The number of carbonyl (C=O) groups excluding carboxylic acids is 1. The number of amides is 1. The molecule has 7 heteroatoms. The van der Waals surface area contributed by atoms with E-state index in [4.69, 9.17) is 0 Å². The highest BCUT2D eigenvalue weighted by Gasteiger charge is 2.36. The lowest BCUT2D eigenvalue weighted by Gasteiger charge is -2.32. The molecular formula is C15H19N5O2. The van der Waals surface area contributed by atoms with Crippen molar-refractivity contribution < 1.29 is 4.79 Å². The van der Waals surface area contributed by atoms with Gasteiger partial charge in [-0.05, 0) is 20.8 Å². The van der Waals surface area contributed by atoms with Gasteiger partial charge in [0.1, 0.15) is 6.33 Å². The van der Waals surface area contributed by atoms with Crippen LogP contribution in [0.1, 0.15) is 27.2 Å². The minimum Gasteiger partial charge on any atom is -0.337 e. The molecule has 2 aromatic rings. The van der Waals surface area contributed by atoms with Gasteiger partial charge in [0.15, 0.2) is 11.2 Å². The quantitative estimate of drug-likeness (QED) is 0.821. The fraction of sp³-hybridized carbons (Fsp3) is 0.533. The van der Waals surface area contributed by atoms with Gasteiger partial charge in [-0.1, -0.05) is 0 Å². The zero-order valence-corrected chi connectivity index (χ0v) is 13.0.